The van der Waals surface area contributed by atoms with Crippen molar-refractivity contribution in [1.29, 1.82) is 0 Å². The quantitative estimate of drug-likeness (QED) is 0.538. The van der Waals surface area contributed by atoms with Crippen LogP contribution in [0.25, 0.3) is 0 Å². The van der Waals surface area contributed by atoms with Gasteiger partial charge in [-0.25, -0.2) is 5.43 Å². The van der Waals surface area contributed by atoms with E-state index in [1.54, 1.807) is 31.4 Å². The summed E-state index contributed by atoms with van der Waals surface area (Å²) in [6, 6.07) is 12.6. The number of benzene rings is 2. The van der Waals surface area contributed by atoms with Crippen molar-refractivity contribution in [2.45, 2.75) is 6.92 Å². The molecule has 0 saturated heterocycles. The van der Waals surface area contributed by atoms with Crippen LogP contribution in [0.5, 0.6) is 17.2 Å². The van der Waals surface area contributed by atoms with E-state index in [-0.39, 0.29) is 12.5 Å². The molecule has 132 valence electrons. The van der Waals surface area contributed by atoms with Crippen LogP contribution >= 0.6 is 15.9 Å². The Morgan fingerprint density at radius 1 is 1.16 bits per heavy atom. The fraction of sp³-hybridized carbons (Fsp3) is 0.222. The summed E-state index contributed by atoms with van der Waals surface area (Å²) in [5.41, 5.74) is 3.19. The lowest BCUT2D eigenvalue weighted by atomic mass is 10.2. The smallest absolute Gasteiger partial charge is 0.277 e. The van der Waals surface area contributed by atoms with Crippen LogP contribution in [-0.4, -0.2) is 32.4 Å². The minimum absolute atomic E-state index is 0.119. The molecule has 1 N–H and O–H groups in total. The number of hydrazone groups is 1. The second-order valence-corrected chi connectivity index (χ2v) is 5.79. The van der Waals surface area contributed by atoms with Gasteiger partial charge in [0.15, 0.2) is 18.1 Å². The molecule has 0 fully saturated rings. The van der Waals surface area contributed by atoms with Crippen LogP contribution in [0, 0.1) is 0 Å². The van der Waals surface area contributed by atoms with E-state index in [4.69, 9.17) is 14.2 Å². The van der Waals surface area contributed by atoms with Crippen LogP contribution in [0.1, 0.15) is 12.5 Å². The zero-order valence-electron chi connectivity index (χ0n) is 14.0. The molecule has 0 spiro atoms. The highest BCUT2D eigenvalue weighted by molar-refractivity contribution is 9.10. The van der Waals surface area contributed by atoms with Crippen molar-refractivity contribution in [3.8, 4) is 17.2 Å². The number of rotatable bonds is 8. The molecular formula is C18H19BrN2O4. The number of carbonyl (C=O) groups is 1. The first-order valence-electron chi connectivity index (χ1n) is 7.63. The van der Waals surface area contributed by atoms with Gasteiger partial charge in [0.1, 0.15) is 5.75 Å². The minimum atomic E-state index is -0.349. The maximum absolute atomic E-state index is 11.7. The van der Waals surface area contributed by atoms with E-state index in [0.29, 0.717) is 23.9 Å². The van der Waals surface area contributed by atoms with Crippen molar-refractivity contribution < 1.29 is 19.0 Å². The maximum Gasteiger partial charge on any atom is 0.277 e. The van der Waals surface area contributed by atoms with Crippen molar-refractivity contribution in [2.75, 3.05) is 20.3 Å². The molecule has 0 aliphatic heterocycles. The lowest BCUT2D eigenvalue weighted by molar-refractivity contribution is -0.123. The summed E-state index contributed by atoms with van der Waals surface area (Å²) in [6.07, 6.45) is 1.53. The normalized spacial score (nSPS) is 10.5. The molecule has 0 heterocycles. The number of halogens is 1. The number of ether oxygens (including phenoxy) is 3. The Kier molecular flexibility index (Phi) is 7.28. The Morgan fingerprint density at radius 2 is 1.92 bits per heavy atom. The standard InChI is InChI=1S/C18H19BrN2O4/c1-3-24-17-10-13(4-9-16(17)23-2)11-20-21-18(22)12-25-15-7-5-14(19)6-8-15/h4-11H,3,12H2,1-2H3,(H,21,22)/b20-11-. The highest BCUT2D eigenvalue weighted by Crippen LogP contribution is 2.27. The Morgan fingerprint density at radius 3 is 2.60 bits per heavy atom. The number of nitrogens with zero attached hydrogens (tertiary/aromatic N) is 1. The molecule has 1 amide bonds. The SMILES string of the molecule is CCOc1cc(/C=N\NC(=O)COc2ccc(Br)cc2)ccc1OC. The molecule has 0 saturated carbocycles. The van der Waals surface area contributed by atoms with Gasteiger partial charge in [-0.15, -0.1) is 0 Å². The van der Waals surface area contributed by atoms with Crippen LogP contribution in [0.4, 0.5) is 0 Å². The molecule has 0 bridgehead atoms. The summed E-state index contributed by atoms with van der Waals surface area (Å²) in [6.45, 7) is 2.30. The van der Waals surface area contributed by atoms with E-state index < -0.39 is 0 Å². The number of nitrogens with one attached hydrogen (secondary N) is 1. The van der Waals surface area contributed by atoms with Gasteiger partial charge in [0.05, 0.1) is 19.9 Å². The molecule has 25 heavy (non-hydrogen) atoms. The van der Waals surface area contributed by atoms with E-state index >= 15 is 0 Å². The van der Waals surface area contributed by atoms with Crippen LogP contribution in [-0.2, 0) is 4.79 Å². The third kappa shape index (κ3) is 6.11. The number of methoxy groups -OCH3 is 1. The average molecular weight is 407 g/mol. The van der Waals surface area contributed by atoms with Crippen molar-refractivity contribution in [2.24, 2.45) is 5.10 Å². The fourth-order valence-electron chi connectivity index (χ4n) is 1.93. The molecule has 0 aliphatic rings. The number of hydrogen-bond acceptors (Lipinski definition) is 5. The zero-order chi connectivity index (χ0) is 18.1. The van der Waals surface area contributed by atoms with Gasteiger partial charge >= 0.3 is 0 Å². The summed E-state index contributed by atoms with van der Waals surface area (Å²) in [4.78, 5) is 11.7. The van der Waals surface area contributed by atoms with Crippen molar-refractivity contribution in [1.82, 2.24) is 5.43 Å². The first-order chi connectivity index (χ1) is 12.1. The Balaban J connectivity index is 1.86. The number of carbonyl (C=O) groups excluding carboxylic acids is 1. The van der Waals surface area contributed by atoms with Crippen LogP contribution in [0.2, 0.25) is 0 Å². The van der Waals surface area contributed by atoms with Crippen molar-refractivity contribution in [3.63, 3.8) is 0 Å². The molecule has 2 aromatic rings. The largest absolute Gasteiger partial charge is 0.493 e. The predicted molar refractivity (Wildman–Crippen MR) is 99.5 cm³/mol. The second-order valence-electron chi connectivity index (χ2n) is 4.88. The van der Waals surface area contributed by atoms with Gasteiger partial charge in [0, 0.05) is 4.47 Å². The second kappa shape index (κ2) is 9.68. The molecule has 2 rings (SSSR count). The summed E-state index contributed by atoms with van der Waals surface area (Å²) in [5, 5.41) is 3.92. The summed E-state index contributed by atoms with van der Waals surface area (Å²) in [7, 11) is 1.58. The molecule has 0 radical (unpaired) electrons. The number of amides is 1. The molecule has 2 aromatic carbocycles. The summed E-state index contributed by atoms with van der Waals surface area (Å²) in [5.74, 6) is 1.53. The first-order valence-corrected chi connectivity index (χ1v) is 8.42. The lowest BCUT2D eigenvalue weighted by Crippen LogP contribution is -2.24. The topological polar surface area (TPSA) is 69.2 Å². The van der Waals surface area contributed by atoms with Gasteiger partial charge in [-0.1, -0.05) is 15.9 Å². The molecule has 0 atom stereocenters. The predicted octanol–water partition coefficient (Wildman–Crippen LogP) is 3.39. The van der Waals surface area contributed by atoms with E-state index in [0.717, 1.165) is 10.0 Å². The number of hydrogen-bond donors (Lipinski definition) is 1. The first kappa shape index (κ1) is 18.8. The average Bonchev–Trinajstić information content (AvgIpc) is 2.62. The molecule has 7 heteroatoms. The third-order valence-electron chi connectivity index (χ3n) is 3.07. The van der Waals surface area contributed by atoms with Crippen LogP contribution < -0.4 is 19.6 Å². The van der Waals surface area contributed by atoms with Gasteiger partial charge in [-0.05, 0) is 55.0 Å². The summed E-state index contributed by atoms with van der Waals surface area (Å²) < 4.78 is 17.0. The Hall–Kier alpha value is -2.54. The maximum atomic E-state index is 11.7. The lowest BCUT2D eigenvalue weighted by Gasteiger charge is -2.09. The van der Waals surface area contributed by atoms with Gasteiger partial charge in [-0.3, -0.25) is 4.79 Å². The van der Waals surface area contributed by atoms with Gasteiger partial charge in [0.25, 0.3) is 5.91 Å². The van der Waals surface area contributed by atoms with Gasteiger partial charge < -0.3 is 14.2 Å². The van der Waals surface area contributed by atoms with Crippen molar-refractivity contribution in [3.05, 3.63) is 52.5 Å². The molecule has 0 unspecified atom stereocenters. The third-order valence-corrected chi connectivity index (χ3v) is 3.60. The van der Waals surface area contributed by atoms with Crippen LogP contribution in [0.3, 0.4) is 0 Å². The highest BCUT2D eigenvalue weighted by Gasteiger charge is 2.05. The highest BCUT2D eigenvalue weighted by atomic mass is 79.9. The van der Waals surface area contributed by atoms with Crippen molar-refractivity contribution >= 4 is 28.1 Å². The van der Waals surface area contributed by atoms with Gasteiger partial charge in [-0.2, -0.15) is 5.10 Å². The van der Waals surface area contributed by atoms with E-state index in [2.05, 4.69) is 26.5 Å². The molecular weight excluding hydrogens is 388 g/mol. The summed E-state index contributed by atoms with van der Waals surface area (Å²) >= 11 is 3.33. The Labute approximate surface area is 154 Å². The molecule has 0 aromatic heterocycles. The monoisotopic (exact) mass is 406 g/mol. The van der Waals surface area contributed by atoms with Gasteiger partial charge in [0.2, 0.25) is 0 Å². The zero-order valence-corrected chi connectivity index (χ0v) is 15.6. The van der Waals surface area contributed by atoms with E-state index in [1.165, 1.54) is 6.21 Å². The molecule has 0 aliphatic carbocycles. The van der Waals surface area contributed by atoms with E-state index in [1.807, 2.05) is 25.1 Å². The Bertz CT molecular complexity index is 732. The van der Waals surface area contributed by atoms with Crippen LogP contribution in [0.15, 0.2) is 52.0 Å². The molecule has 6 nitrogen and oxygen atoms in total. The van der Waals surface area contributed by atoms with E-state index in [9.17, 15) is 4.79 Å². The minimum Gasteiger partial charge on any atom is -0.493 e. The fourth-order valence-corrected chi connectivity index (χ4v) is 2.20.